The van der Waals surface area contributed by atoms with E-state index in [-0.39, 0.29) is 30.0 Å². The molecule has 6 heteroatoms. The van der Waals surface area contributed by atoms with Crippen molar-refractivity contribution in [2.75, 3.05) is 13.2 Å². The van der Waals surface area contributed by atoms with Crippen molar-refractivity contribution < 1.29 is 31.8 Å². The topological polar surface area (TPSA) is 72.6 Å². The van der Waals surface area contributed by atoms with Gasteiger partial charge in [0.25, 0.3) is 5.09 Å². The fourth-order valence-corrected chi connectivity index (χ4v) is 0.115. The molecule has 51 valence electrons. The van der Waals surface area contributed by atoms with E-state index in [0.717, 1.165) is 0 Å². The van der Waals surface area contributed by atoms with E-state index in [9.17, 15) is 10.1 Å². The van der Waals surface area contributed by atoms with Gasteiger partial charge in [0.05, 0.1) is 6.61 Å². The van der Waals surface area contributed by atoms with Crippen LogP contribution in [0.4, 0.5) is 0 Å². The van der Waals surface area contributed by atoms with Crippen molar-refractivity contribution in [2.24, 2.45) is 0 Å². The summed E-state index contributed by atoms with van der Waals surface area (Å²) in [6.45, 7) is -0.562. The average Bonchev–Trinajstić information content (AvgIpc) is 1.61. The molecule has 0 aliphatic rings. The Hall–Kier alpha value is -0.334. The van der Waals surface area contributed by atoms with Crippen LogP contribution in [0.5, 0.6) is 0 Å². The molecule has 0 aromatic carbocycles. The summed E-state index contributed by atoms with van der Waals surface area (Å²) in [5.74, 6) is 0. The van der Waals surface area contributed by atoms with Crippen LogP contribution in [0.25, 0.3) is 0 Å². The normalized spacial score (nSPS) is 7.12. The Labute approximate surface area is 55.9 Å². The molecule has 0 saturated heterocycles. The molecule has 0 rings (SSSR count). The molecule has 0 aliphatic heterocycles. The average molecular weight is 166 g/mol. The van der Waals surface area contributed by atoms with Gasteiger partial charge in [-0.25, -0.2) is 0 Å². The van der Waals surface area contributed by atoms with Crippen molar-refractivity contribution in [1.82, 2.24) is 0 Å². The molecule has 0 aliphatic carbocycles. The van der Waals surface area contributed by atoms with Crippen molar-refractivity contribution in [3.8, 4) is 0 Å². The SMILES string of the molecule is O=[N+]([O-])OCCO.[Co]. The summed E-state index contributed by atoms with van der Waals surface area (Å²) in [6, 6.07) is 0. The number of hydrogen-bond acceptors (Lipinski definition) is 4. The summed E-state index contributed by atoms with van der Waals surface area (Å²) in [5.41, 5.74) is 0. The van der Waals surface area contributed by atoms with Gasteiger partial charge >= 0.3 is 0 Å². The van der Waals surface area contributed by atoms with Crippen LogP contribution < -0.4 is 0 Å². The summed E-state index contributed by atoms with van der Waals surface area (Å²) in [7, 11) is 0. The van der Waals surface area contributed by atoms with Crippen LogP contribution in [-0.4, -0.2) is 23.4 Å². The molecular weight excluding hydrogens is 161 g/mol. The zero-order chi connectivity index (χ0) is 5.70. The van der Waals surface area contributed by atoms with Gasteiger partial charge in [0.1, 0.15) is 6.61 Å². The maximum atomic E-state index is 9.23. The standard InChI is InChI=1S/C2H5NO4.Co/c4-1-2-7-3(5)6;/h4H,1-2H2;. The van der Waals surface area contributed by atoms with Crippen molar-refractivity contribution in [3.05, 3.63) is 10.1 Å². The molecule has 0 saturated carbocycles. The number of rotatable bonds is 3. The minimum absolute atomic E-state index is 0. The Morgan fingerprint density at radius 3 is 2.38 bits per heavy atom. The number of aliphatic hydroxyl groups is 1. The van der Waals surface area contributed by atoms with Crippen molar-refractivity contribution >= 4 is 0 Å². The van der Waals surface area contributed by atoms with E-state index in [1.165, 1.54) is 0 Å². The van der Waals surface area contributed by atoms with E-state index in [1.54, 1.807) is 0 Å². The van der Waals surface area contributed by atoms with Gasteiger partial charge < -0.3 is 9.94 Å². The molecule has 0 aromatic rings. The van der Waals surface area contributed by atoms with Crippen molar-refractivity contribution in [1.29, 1.82) is 0 Å². The van der Waals surface area contributed by atoms with Gasteiger partial charge in [-0.15, -0.1) is 10.1 Å². The predicted octanol–water partition coefficient (Wildman–Crippen LogP) is -0.816. The van der Waals surface area contributed by atoms with Crippen LogP contribution in [0.3, 0.4) is 0 Å². The van der Waals surface area contributed by atoms with Gasteiger partial charge in [-0.1, -0.05) is 0 Å². The third kappa shape index (κ3) is 9.18. The largest absolute Gasteiger partial charge is 0.394 e. The first-order valence-electron chi connectivity index (χ1n) is 1.65. The Balaban J connectivity index is 0. The Bertz CT molecular complexity index is 67.1. The van der Waals surface area contributed by atoms with Gasteiger partial charge in [0, 0.05) is 16.8 Å². The van der Waals surface area contributed by atoms with Gasteiger partial charge in [0.15, 0.2) is 0 Å². The molecule has 0 spiro atoms. The maximum Gasteiger partial charge on any atom is 0.294 e. The van der Waals surface area contributed by atoms with Crippen LogP contribution in [0, 0.1) is 10.1 Å². The molecule has 1 N–H and O–H groups in total. The first-order valence-corrected chi connectivity index (χ1v) is 1.65. The number of nitrogens with zero attached hydrogens (tertiary/aromatic N) is 1. The zero-order valence-corrected chi connectivity index (χ0v) is 4.91. The van der Waals surface area contributed by atoms with Crippen molar-refractivity contribution in [2.45, 2.75) is 0 Å². The van der Waals surface area contributed by atoms with Crippen LogP contribution in [0.1, 0.15) is 0 Å². The van der Waals surface area contributed by atoms with Crippen LogP contribution in [0.15, 0.2) is 0 Å². The molecule has 8 heavy (non-hydrogen) atoms. The van der Waals surface area contributed by atoms with E-state index < -0.39 is 5.09 Å². The third-order valence-corrected chi connectivity index (χ3v) is 0.288. The summed E-state index contributed by atoms with van der Waals surface area (Å²) >= 11 is 0. The molecular formula is C2H5CoNO4. The molecule has 0 amide bonds. The minimum Gasteiger partial charge on any atom is -0.394 e. The Morgan fingerprint density at radius 1 is 1.75 bits per heavy atom. The first kappa shape index (κ1) is 10.6. The molecule has 1 radical (unpaired) electrons. The van der Waals surface area contributed by atoms with Crippen molar-refractivity contribution in [3.63, 3.8) is 0 Å². The number of hydrogen-bond donors (Lipinski definition) is 1. The monoisotopic (exact) mass is 166 g/mol. The summed E-state index contributed by atoms with van der Waals surface area (Å²) < 4.78 is 0. The van der Waals surface area contributed by atoms with Crippen LogP contribution in [0.2, 0.25) is 0 Å². The summed E-state index contributed by atoms with van der Waals surface area (Å²) in [6.07, 6.45) is 0. The molecule has 0 bridgehead atoms. The minimum atomic E-state index is -0.948. The fraction of sp³-hybridized carbons (Fsp3) is 1.00. The second kappa shape index (κ2) is 6.67. The summed E-state index contributed by atoms with van der Waals surface area (Å²) in [5, 5.41) is 16.2. The maximum absolute atomic E-state index is 9.23. The first-order chi connectivity index (χ1) is 3.27. The molecule has 5 nitrogen and oxygen atoms in total. The van der Waals surface area contributed by atoms with Gasteiger partial charge in [-0.05, 0) is 0 Å². The van der Waals surface area contributed by atoms with Crippen LogP contribution in [-0.2, 0) is 21.6 Å². The van der Waals surface area contributed by atoms with E-state index in [2.05, 4.69) is 4.84 Å². The Kier molecular flexibility index (Phi) is 8.84. The zero-order valence-electron chi connectivity index (χ0n) is 3.87. The van der Waals surface area contributed by atoms with E-state index in [4.69, 9.17) is 5.11 Å². The molecule has 0 atom stereocenters. The van der Waals surface area contributed by atoms with Gasteiger partial charge in [-0.3, -0.25) is 0 Å². The second-order valence-corrected chi connectivity index (χ2v) is 0.780. The smallest absolute Gasteiger partial charge is 0.294 e. The molecule has 0 fully saturated rings. The quantitative estimate of drug-likeness (QED) is 0.439. The second-order valence-electron chi connectivity index (χ2n) is 0.780. The molecule has 0 heterocycles. The predicted molar refractivity (Wildman–Crippen MR) is 20.0 cm³/mol. The van der Waals surface area contributed by atoms with Gasteiger partial charge in [0.2, 0.25) is 0 Å². The van der Waals surface area contributed by atoms with Gasteiger partial charge in [-0.2, -0.15) is 0 Å². The summed E-state index contributed by atoms with van der Waals surface area (Å²) in [4.78, 5) is 12.9. The molecule has 0 aromatic heterocycles. The third-order valence-electron chi connectivity index (χ3n) is 0.288. The van der Waals surface area contributed by atoms with E-state index >= 15 is 0 Å². The molecule has 0 unspecified atom stereocenters. The fourth-order valence-electron chi connectivity index (χ4n) is 0.115. The van der Waals surface area contributed by atoms with Crippen LogP contribution >= 0.6 is 0 Å². The Morgan fingerprint density at radius 2 is 2.25 bits per heavy atom. The van der Waals surface area contributed by atoms with E-state index in [0.29, 0.717) is 0 Å². The van der Waals surface area contributed by atoms with E-state index in [1.807, 2.05) is 0 Å². The number of aliphatic hydroxyl groups excluding tert-OH is 1.